The Bertz CT molecular complexity index is 1670. The van der Waals surface area contributed by atoms with E-state index in [9.17, 15) is 18.0 Å². The molecule has 0 aromatic heterocycles. The van der Waals surface area contributed by atoms with Crippen molar-refractivity contribution in [3.63, 3.8) is 0 Å². The lowest BCUT2D eigenvalue weighted by atomic mass is 9.76. The van der Waals surface area contributed by atoms with Crippen LogP contribution in [0.15, 0.2) is 77.7 Å². The molecule has 1 unspecified atom stereocenters. The minimum atomic E-state index is -3.83. The van der Waals surface area contributed by atoms with E-state index in [1.807, 2.05) is 19.1 Å². The number of benzene rings is 3. The average Bonchev–Trinajstić information content (AvgIpc) is 3.12. The Hall–Kier alpha value is -3.55. The normalized spacial score (nSPS) is 20.2. The number of sulfonamides is 1. The van der Waals surface area contributed by atoms with Crippen molar-refractivity contribution in [1.29, 1.82) is 0 Å². The number of amides is 2. The topological polar surface area (TPSA) is 126 Å². The Morgan fingerprint density at radius 1 is 1.02 bits per heavy atom. The van der Waals surface area contributed by atoms with Crippen molar-refractivity contribution in [3.8, 4) is 0 Å². The van der Waals surface area contributed by atoms with Gasteiger partial charge in [-0.15, -0.1) is 0 Å². The standard InChI is InChI=1S/C36H44ClFN4O6S/c1-3-27-22-39-23-28(42(27)49(45,46)29-8-5-4-6-9-29)16-17-30-31(38)10-7-11-32(30)40-35(43)34(41-36(44)47-2)33(25-18-20-48-21-19-25)24-12-14-26(37)15-13-24/h4-15,25,27-28,33-34,39H,3,16-23H2,1-2H3,(H,40,43)(H,41,44)/t27-,28-,33?,34-/m0/s1. The second-order valence-electron chi connectivity index (χ2n) is 12.5. The Labute approximate surface area is 292 Å². The Morgan fingerprint density at radius 2 is 1.71 bits per heavy atom. The predicted molar refractivity (Wildman–Crippen MR) is 187 cm³/mol. The van der Waals surface area contributed by atoms with E-state index in [4.69, 9.17) is 21.1 Å². The summed E-state index contributed by atoms with van der Waals surface area (Å²) in [5.74, 6) is -1.55. The molecule has 2 heterocycles. The van der Waals surface area contributed by atoms with Crippen LogP contribution in [0.1, 0.15) is 49.7 Å². The fourth-order valence-corrected chi connectivity index (χ4v) is 9.07. The van der Waals surface area contributed by atoms with Crippen LogP contribution < -0.4 is 16.0 Å². The number of rotatable bonds is 12. The highest BCUT2D eigenvalue weighted by molar-refractivity contribution is 7.89. The molecule has 0 spiro atoms. The summed E-state index contributed by atoms with van der Waals surface area (Å²) in [7, 11) is -2.60. The van der Waals surface area contributed by atoms with E-state index >= 15 is 4.39 Å². The SMILES string of the molecule is CC[C@H]1CNC[C@H](CCc2c(F)cccc2NC(=O)[C@@H](NC(=O)OC)C(c2ccc(Cl)cc2)C2CCOCC2)N1S(=O)(=O)c1ccccc1. The fraction of sp³-hybridized carbons (Fsp3) is 0.444. The predicted octanol–water partition coefficient (Wildman–Crippen LogP) is 5.73. The number of nitrogens with zero attached hydrogens (tertiary/aromatic N) is 1. The molecule has 2 amide bonds. The van der Waals surface area contributed by atoms with Crippen molar-refractivity contribution in [3.05, 3.63) is 94.8 Å². The minimum absolute atomic E-state index is 0.0160. The van der Waals surface area contributed by atoms with Gasteiger partial charge in [0.25, 0.3) is 0 Å². The Balaban J connectivity index is 1.43. The third kappa shape index (κ3) is 8.79. The molecule has 264 valence electrons. The van der Waals surface area contributed by atoms with Gasteiger partial charge in [0.05, 0.1) is 12.0 Å². The highest BCUT2D eigenvalue weighted by atomic mass is 35.5. The van der Waals surface area contributed by atoms with Crippen LogP contribution in [-0.4, -0.2) is 76.3 Å². The first-order valence-corrected chi connectivity index (χ1v) is 18.5. The summed E-state index contributed by atoms with van der Waals surface area (Å²) in [6.45, 7) is 3.89. The molecule has 0 saturated carbocycles. The largest absolute Gasteiger partial charge is 0.453 e. The molecule has 2 aliphatic heterocycles. The third-order valence-corrected chi connectivity index (χ3v) is 11.8. The quantitative estimate of drug-likeness (QED) is 0.219. The number of hydrogen-bond donors (Lipinski definition) is 3. The van der Waals surface area contributed by atoms with Crippen LogP contribution in [0.25, 0.3) is 0 Å². The maximum atomic E-state index is 15.6. The highest BCUT2D eigenvalue weighted by Crippen LogP contribution is 2.37. The summed E-state index contributed by atoms with van der Waals surface area (Å²) in [5.41, 5.74) is 1.30. The summed E-state index contributed by atoms with van der Waals surface area (Å²) in [5, 5.41) is 9.53. The smallest absolute Gasteiger partial charge is 0.407 e. The van der Waals surface area contributed by atoms with Gasteiger partial charge in [-0.3, -0.25) is 4.79 Å². The number of ether oxygens (including phenoxy) is 2. The van der Waals surface area contributed by atoms with E-state index in [1.54, 1.807) is 52.8 Å². The molecule has 3 N–H and O–H groups in total. The molecule has 0 bridgehead atoms. The molecule has 5 rings (SSSR count). The summed E-state index contributed by atoms with van der Waals surface area (Å²) in [6, 6.07) is 18.1. The first-order valence-electron chi connectivity index (χ1n) is 16.7. The van der Waals surface area contributed by atoms with Gasteiger partial charge in [0, 0.05) is 60.6 Å². The van der Waals surface area contributed by atoms with E-state index in [2.05, 4.69) is 16.0 Å². The van der Waals surface area contributed by atoms with E-state index < -0.39 is 45.8 Å². The first-order chi connectivity index (χ1) is 23.6. The van der Waals surface area contributed by atoms with Gasteiger partial charge in [0.15, 0.2) is 0 Å². The number of alkyl carbamates (subject to hydrolysis) is 1. The lowest BCUT2D eigenvalue weighted by Gasteiger charge is -2.41. The van der Waals surface area contributed by atoms with Crippen LogP contribution in [0.4, 0.5) is 14.9 Å². The molecule has 2 saturated heterocycles. The van der Waals surface area contributed by atoms with Crippen molar-refractivity contribution in [2.75, 3.05) is 38.7 Å². The molecule has 2 aliphatic rings. The van der Waals surface area contributed by atoms with Crippen molar-refractivity contribution >= 4 is 39.3 Å². The maximum Gasteiger partial charge on any atom is 0.407 e. The molecule has 4 atom stereocenters. The summed E-state index contributed by atoms with van der Waals surface area (Å²) in [4.78, 5) is 27.1. The van der Waals surface area contributed by atoms with E-state index in [0.717, 1.165) is 5.56 Å². The van der Waals surface area contributed by atoms with Crippen LogP contribution in [-0.2, 0) is 30.7 Å². The lowest BCUT2D eigenvalue weighted by Crippen LogP contribution is -2.59. The maximum absolute atomic E-state index is 15.6. The zero-order valence-electron chi connectivity index (χ0n) is 27.7. The number of carbonyl (C=O) groups excluding carboxylic acids is 2. The van der Waals surface area contributed by atoms with Gasteiger partial charge in [0.2, 0.25) is 15.9 Å². The van der Waals surface area contributed by atoms with Crippen LogP contribution in [0.2, 0.25) is 5.02 Å². The fourth-order valence-electron chi connectivity index (χ4n) is 7.01. The second-order valence-corrected chi connectivity index (χ2v) is 14.7. The minimum Gasteiger partial charge on any atom is -0.453 e. The molecule has 13 heteroatoms. The molecule has 2 fully saturated rings. The van der Waals surface area contributed by atoms with Gasteiger partial charge in [-0.1, -0.05) is 54.9 Å². The number of halogens is 2. The van der Waals surface area contributed by atoms with Crippen molar-refractivity contribution in [2.24, 2.45) is 5.92 Å². The van der Waals surface area contributed by atoms with Gasteiger partial charge in [-0.05, 0) is 80.0 Å². The van der Waals surface area contributed by atoms with E-state index in [-0.39, 0.29) is 34.5 Å². The molecular formula is C36H44ClFN4O6S. The zero-order valence-corrected chi connectivity index (χ0v) is 29.3. The van der Waals surface area contributed by atoms with Gasteiger partial charge in [0.1, 0.15) is 11.9 Å². The van der Waals surface area contributed by atoms with Crippen molar-refractivity contribution in [2.45, 2.75) is 68.0 Å². The van der Waals surface area contributed by atoms with E-state index in [0.29, 0.717) is 57.0 Å². The molecule has 0 radical (unpaired) electrons. The Kier molecular flexibility index (Phi) is 12.7. The number of carbonyl (C=O) groups is 2. The van der Waals surface area contributed by atoms with Crippen LogP contribution in [0.5, 0.6) is 0 Å². The molecular weight excluding hydrogens is 671 g/mol. The van der Waals surface area contributed by atoms with Gasteiger partial charge < -0.3 is 25.4 Å². The second kappa shape index (κ2) is 16.9. The summed E-state index contributed by atoms with van der Waals surface area (Å²) >= 11 is 6.19. The lowest BCUT2D eigenvalue weighted by molar-refractivity contribution is -0.119. The van der Waals surface area contributed by atoms with Crippen LogP contribution >= 0.6 is 11.6 Å². The monoisotopic (exact) mass is 714 g/mol. The zero-order chi connectivity index (χ0) is 35.0. The number of nitrogens with one attached hydrogen (secondary N) is 3. The average molecular weight is 715 g/mol. The van der Waals surface area contributed by atoms with Gasteiger partial charge in [-0.25, -0.2) is 17.6 Å². The molecule has 0 aliphatic carbocycles. The number of piperazine rings is 1. The summed E-state index contributed by atoms with van der Waals surface area (Å²) < 4.78 is 55.4. The van der Waals surface area contributed by atoms with E-state index in [1.165, 1.54) is 19.2 Å². The van der Waals surface area contributed by atoms with Crippen molar-refractivity contribution in [1.82, 2.24) is 14.9 Å². The number of methoxy groups -OCH3 is 1. The van der Waals surface area contributed by atoms with Crippen LogP contribution in [0.3, 0.4) is 0 Å². The summed E-state index contributed by atoms with van der Waals surface area (Å²) in [6.07, 6.45) is 1.62. The molecule has 49 heavy (non-hydrogen) atoms. The molecule has 3 aromatic carbocycles. The van der Waals surface area contributed by atoms with Gasteiger partial charge >= 0.3 is 6.09 Å². The highest BCUT2D eigenvalue weighted by Gasteiger charge is 2.40. The number of hydrogen-bond acceptors (Lipinski definition) is 7. The molecule has 3 aromatic rings. The number of anilines is 1. The van der Waals surface area contributed by atoms with Crippen molar-refractivity contribution < 1.29 is 31.9 Å². The Morgan fingerprint density at radius 3 is 2.39 bits per heavy atom. The van der Waals surface area contributed by atoms with Gasteiger partial charge in [-0.2, -0.15) is 4.31 Å². The third-order valence-electron chi connectivity index (χ3n) is 9.50. The first kappa shape index (κ1) is 36.7. The molecule has 10 nitrogen and oxygen atoms in total. The van der Waals surface area contributed by atoms with Crippen LogP contribution in [0, 0.1) is 11.7 Å².